The molecule has 1 heterocycles. The summed E-state index contributed by atoms with van der Waals surface area (Å²) in [5, 5.41) is 0. The number of hydrogen-bond donors (Lipinski definition) is 1. The first-order valence-corrected chi connectivity index (χ1v) is 6.14. The van der Waals surface area contributed by atoms with Gasteiger partial charge in [-0.2, -0.15) is 0 Å². The molecule has 0 amide bonds. The van der Waals surface area contributed by atoms with E-state index in [1.807, 2.05) is 26.0 Å². The second-order valence-corrected chi connectivity index (χ2v) is 4.34. The van der Waals surface area contributed by atoms with Gasteiger partial charge in [0.05, 0.1) is 13.2 Å². The third-order valence-electron chi connectivity index (χ3n) is 2.71. The third-order valence-corrected chi connectivity index (χ3v) is 2.71. The SMILES string of the molecule is CCOc1ccc(N)cc1Cn1cc(C)cnc1=O. The minimum atomic E-state index is -0.282. The Hall–Kier alpha value is -2.30. The van der Waals surface area contributed by atoms with Crippen LogP contribution in [0, 0.1) is 6.92 Å². The van der Waals surface area contributed by atoms with Crippen LogP contribution in [0.3, 0.4) is 0 Å². The van der Waals surface area contributed by atoms with Crippen LogP contribution in [0.1, 0.15) is 18.1 Å². The minimum Gasteiger partial charge on any atom is -0.494 e. The maximum absolute atomic E-state index is 11.7. The Morgan fingerprint density at radius 1 is 1.42 bits per heavy atom. The number of aryl methyl sites for hydroxylation is 1. The van der Waals surface area contributed by atoms with E-state index in [4.69, 9.17) is 10.5 Å². The number of anilines is 1. The Morgan fingerprint density at radius 2 is 2.21 bits per heavy atom. The van der Waals surface area contributed by atoms with E-state index in [1.54, 1.807) is 23.0 Å². The zero-order chi connectivity index (χ0) is 13.8. The Balaban J connectivity index is 2.39. The van der Waals surface area contributed by atoms with Gasteiger partial charge < -0.3 is 10.5 Å². The summed E-state index contributed by atoms with van der Waals surface area (Å²) in [4.78, 5) is 15.5. The van der Waals surface area contributed by atoms with Crippen LogP contribution < -0.4 is 16.2 Å². The molecule has 5 nitrogen and oxygen atoms in total. The smallest absolute Gasteiger partial charge is 0.347 e. The Labute approximate surface area is 111 Å². The fourth-order valence-electron chi connectivity index (χ4n) is 1.88. The summed E-state index contributed by atoms with van der Waals surface area (Å²) in [6.45, 7) is 4.78. The van der Waals surface area contributed by atoms with Crippen LogP contribution in [0.4, 0.5) is 5.69 Å². The summed E-state index contributed by atoms with van der Waals surface area (Å²) < 4.78 is 7.09. The second kappa shape index (κ2) is 5.56. The van der Waals surface area contributed by atoms with Gasteiger partial charge in [0.25, 0.3) is 0 Å². The van der Waals surface area contributed by atoms with Crippen molar-refractivity contribution in [3.05, 3.63) is 52.2 Å². The molecule has 100 valence electrons. The molecule has 0 aliphatic carbocycles. The number of hydrogen-bond acceptors (Lipinski definition) is 4. The monoisotopic (exact) mass is 259 g/mol. The highest BCUT2D eigenvalue weighted by Gasteiger charge is 2.07. The molecule has 1 aromatic carbocycles. The largest absolute Gasteiger partial charge is 0.494 e. The van der Waals surface area contributed by atoms with E-state index in [0.29, 0.717) is 18.8 Å². The van der Waals surface area contributed by atoms with Gasteiger partial charge in [0, 0.05) is 23.6 Å². The lowest BCUT2D eigenvalue weighted by Crippen LogP contribution is -2.23. The molecule has 0 fully saturated rings. The van der Waals surface area contributed by atoms with Gasteiger partial charge in [-0.15, -0.1) is 0 Å². The molecule has 0 saturated heterocycles. The third kappa shape index (κ3) is 3.13. The zero-order valence-electron chi connectivity index (χ0n) is 11.1. The molecule has 0 unspecified atom stereocenters. The molecule has 0 bridgehead atoms. The van der Waals surface area contributed by atoms with Gasteiger partial charge >= 0.3 is 5.69 Å². The quantitative estimate of drug-likeness (QED) is 0.846. The normalized spacial score (nSPS) is 10.4. The average Bonchev–Trinajstić information content (AvgIpc) is 2.37. The van der Waals surface area contributed by atoms with Crippen LogP contribution in [0.2, 0.25) is 0 Å². The van der Waals surface area contributed by atoms with Gasteiger partial charge in [0.1, 0.15) is 5.75 Å². The van der Waals surface area contributed by atoms with E-state index in [-0.39, 0.29) is 5.69 Å². The van der Waals surface area contributed by atoms with Crippen molar-refractivity contribution >= 4 is 5.69 Å². The standard InChI is InChI=1S/C14H17N3O2/c1-3-19-13-5-4-12(15)6-11(13)9-17-8-10(2)7-16-14(17)18/h4-8H,3,9,15H2,1-2H3. The fourth-order valence-corrected chi connectivity index (χ4v) is 1.88. The highest BCUT2D eigenvalue weighted by Crippen LogP contribution is 2.22. The van der Waals surface area contributed by atoms with Crippen molar-refractivity contribution < 1.29 is 4.74 Å². The maximum Gasteiger partial charge on any atom is 0.347 e. The van der Waals surface area contributed by atoms with E-state index in [1.165, 1.54) is 0 Å². The summed E-state index contributed by atoms with van der Waals surface area (Å²) in [7, 11) is 0. The molecule has 5 heteroatoms. The predicted molar refractivity (Wildman–Crippen MR) is 74.4 cm³/mol. The van der Waals surface area contributed by atoms with E-state index >= 15 is 0 Å². The van der Waals surface area contributed by atoms with Crippen molar-refractivity contribution in [2.75, 3.05) is 12.3 Å². The predicted octanol–water partition coefficient (Wildman–Crippen LogP) is 1.58. The van der Waals surface area contributed by atoms with Crippen LogP contribution in [0.25, 0.3) is 0 Å². The van der Waals surface area contributed by atoms with Crippen molar-refractivity contribution in [2.24, 2.45) is 0 Å². The van der Waals surface area contributed by atoms with Crippen molar-refractivity contribution in [2.45, 2.75) is 20.4 Å². The molecule has 2 aromatic rings. The Bertz CT molecular complexity index is 635. The van der Waals surface area contributed by atoms with Crippen LogP contribution in [-0.4, -0.2) is 16.2 Å². The summed E-state index contributed by atoms with van der Waals surface area (Å²) in [5.74, 6) is 0.741. The summed E-state index contributed by atoms with van der Waals surface area (Å²) in [5.41, 5.74) is 7.95. The lowest BCUT2D eigenvalue weighted by Gasteiger charge is -2.12. The van der Waals surface area contributed by atoms with E-state index in [9.17, 15) is 4.79 Å². The van der Waals surface area contributed by atoms with Crippen molar-refractivity contribution in [3.63, 3.8) is 0 Å². The van der Waals surface area contributed by atoms with Gasteiger partial charge in [0.15, 0.2) is 0 Å². The molecule has 0 spiro atoms. The van der Waals surface area contributed by atoms with E-state index < -0.39 is 0 Å². The number of ether oxygens (including phenoxy) is 1. The molecule has 0 saturated carbocycles. The lowest BCUT2D eigenvalue weighted by atomic mass is 10.1. The van der Waals surface area contributed by atoms with Gasteiger partial charge in [-0.3, -0.25) is 4.57 Å². The molecular weight excluding hydrogens is 242 g/mol. The summed E-state index contributed by atoms with van der Waals surface area (Å²) >= 11 is 0. The highest BCUT2D eigenvalue weighted by molar-refractivity contribution is 5.48. The number of rotatable bonds is 4. The Morgan fingerprint density at radius 3 is 2.95 bits per heavy atom. The van der Waals surface area contributed by atoms with Crippen LogP contribution in [-0.2, 0) is 6.54 Å². The van der Waals surface area contributed by atoms with Gasteiger partial charge in [-0.1, -0.05) is 0 Å². The molecule has 0 aliphatic heterocycles. The van der Waals surface area contributed by atoms with Gasteiger partial charge in [-0.25, -0.2) is 9.78 Å². The van der Waals surface area contributed by atoms with Crippen LogP contribution in [0.5, 0.6) is 5.75 Å². The molecule has 1 aromatic heterocycles. The molecule has 19 heavy (non-hydrogen) atoms. The minimum absolute atomic E-state index is 0.282. The zero-order valence-corrected chi connectivity index (χ0v) is 11.1. The maximum atomic E-state index is 11.7. The number of nitrogens with two attached hydrogens (primary N) is 1. The molecule has 2 rings (SSSR count). The number of benzene rings is 1. The van der Waals surface area contributed by atoms with Crippen molar-refractivity contribution in [3.8, 4) is 5.75 Å². The van der Waals surface area contributed by atoms with Gasteiger partial charge in [0.2, 0.25) is 0 Å². The molecule has 0 radical (unpaired) electrons. The van der Waals surface area contributed by atoms with Crippen LogP contribution >= 0.6 is 0 Å². The van der Waals surface area contributed by atoms with Crippen molar-refractivity contribution in [1.82, 2.24) is 9.55 Å². The molecule has 2 N–H and O–H groups in total. The van der Waals surface area contributed by atoms with Crippen LogP contribution in [0.15, 0.2) is 35.4 Å². The second-order valence-electron chi connectivity index (χ2n) is 4.34. The number of nitrogens with zero attached hydrogens (tertiary/aromatic N) is 2. The average molecular weight is 259 g/mol. The highest BCUT2D eigenvalue weighted by atomic mass is 16.5. The van der Waals surface area contributed by atoms with E-state index in [0.717, 1.165) is 16.9 Å². The molecule has 0 atom stereocenters. The fraction of sp³-hybridized carbons (Fsp3) is 0.286. The topological polar surface area (TPSA) is 70.1 Å². The van der Waals surface area contributed by atoms with E-state index in [2.05, 4.69) is 4.98 Å². The first kappa shape index (κ1) is 13.1. The van der Waals surface area contributed by atoms with Crippen molar-refractivity contribution in [1.29, 1.82) is 0 Å². The lowest BCUT2D eigenvalue weighted by molar-refractivity contribution is 0.335. The number of nitrogen functional groups attached to an aromatic ring is 1. The first-order chi connectivity index (χ1) is 9.10. The number of aromatic nitrogens is 2. The Kier molecular flexibility index (Phi) is 3.85. The summed E-state index contributed by atoms with van der Waals surface area (Å²) in [6, 6.07) is 5.42. The molecule has 0 aliphatic rings. The molecular formula is C14H17N3O2. The first-order valence-electron chi connectivity index (χ1n) is 6.14. The summed E-state index contributed by atoms with van der Waals surface area (Å²) in [6.07, 6.45) is 3.33. The van der Waals surface area contributed by atoms with Gasteiger partial charge in [-0.05, 0) is 37.6 Å².